The van der Waals surface area contributed by atoms with Crippen molar-refractivity contribution in [3.8, 4) is 0 Å². The van der Waals surface area contributed by atoms with Gasteiger partial charge in [-0.15, -0.1) is 0 Å². The SMILES string of the molecule is C/C=C\C(C)B1OC(C)(C)C(C)(C)O1. The van der Waals surface area contributed by atoms with Crippen molar-refractivity contribution in [2.45, 2.75) is 58.6 Å². The fourth-order valence-corrected chi connectivity index (χ4v) is 1.50. The van der Waals surface area contributed by atoms with E-state index in [-0.39, 0.29) is 18.3 Å². The Morgan fingerprint density at radius 1 is 1.07 bits per heavy atom. The topological polar surface area (TPSA) is 18.5 Å². The molecule has 0 amide bonds. The van der Waals surface area contributed by atoms with Gasteiger partial charge in [-0.05, 0) is 34.6 Å². The summed E-state index contributed by atoms with van der Waals surface area (Å²) in [7, 11) is -0.115. The molecule has 1 aliphatic rings. The van der Waals surface area contributed by atoms with E-state index in [0.717, 1.165) is 0 Å². The van der Waals surface area contributed by atoms with Crippen molar-refractivity contribution in [1.82, 2.24) is 0 Å². The molecule has 0 spiro atoms. The van der Waals surface area contributed by atoms with Crippen LogP contribution in [0.1, 0.15) is 41.5 Å². The summed E-state index contributed by atoms with van der Waals surface area (Å²) in [6.07, 6.45) is 4.15. The van der Waals surface area contributed by atoms with E-state index >= 15 is 0 Å². The average molecular weight is 196 g/mol. The summed E-state index contributed by atoms with van der Waals surface area (Å²) in [6, 6.07) is 0. The van der Waals surface area contributed by atoms with Crippen LogP contribution in [0.25, 0.3) is 0 Å². The quantitative estimate of drug-likeness (QED) is 0.499. The highest BCUT2D eigenvalue weighted by Gasteiger charge is 2.52. The summed E-state index contributed by atoms with van der Waals surface area (Å²) in [5, 5.41) is 0. The van der Waals surface area contributed by atoms with Crippen molar-refractivity contribution in [2.75, 3.05) is 0 Å². The van der Waals surface area contributed by atoms with Crippen LogP contribution < -0.4 is 0 Å². The molecule has 1 saturated heterocycles. The normalized spacial score (nSPS) is 27.1. The zero-order valence-electron chi connectivity index (χ0n) is 10.1. The van der Waals surface area contributed by atoms with Gasteiger partial charge in [0.1, 0.15) is 0 Å². The van der Waals surface area contributed by atoms with Gasteiger partial charge in [0.05, 0.1) is 11.2 Å². The molecule has 3 heteroatoms. The maximum atomic E-state index is 5.90. The third-order valence-electron chi connectivity index (χ3n) is 3.20. The van der Waals surface area contributed by atoms with Crippen LogP contribution in [-0.4, -0.2) is 18.3 Å². The van der Waals surface area contributed by atoms with Crippen LogP contribution in [-0.2, 0) is 9.31 Å². The molecule has 0 aromatic carbocycles. The van der Waals surface area contributed by atoms with E-state index in [9.17, 15) is 0 Å². The minimum absolute atomic E-state index is 0.115. The molecule has 2 nitrogen and oxygen atoms in total. The molecule has 1 aliphatic heterocycles. The first-order valence-electron chi connectivity index (χ1n) is 5.28. The number of hydrogen-bond donors (Lipinski definition) is 0. The minimum atomic E-state index is -0.215. The predicted molar refractivity (Wildman–Crippen MR) is 60.3 cm³/mol. The maximum absolute atomic E-state index is 5.90. The Bertz CT molecular complexity index is 217. The van der Waals surface area contributed by atoms with Crippen molar-refractivity contribution < 1.29 is 9.31 Å². The second-order valence-electron chi connectivity index (χ2n) is 5.01. The van der Waals surface area contributed by atoms with Gasteiger partial charge in [-0.2, -0.15) is 0 Å². The van der Waals surface area contributed by atoms with Crippen LogP contribution in [0.5, 0.6) is 0 Å². The molecule has 80 valence electrons. The zero-order chi connectivity index (χ0) is 11.0. The molecule has 0 aromatic heterocycles. The first kappa shape index (κ1) is 11.8. The highest BCUT2D eigenvalue weighted by Crippen LogP contribution is 2.39. The summed E-state index contributed by atoms with van der Waals surface area (Å²) in [4.78, 5) is 0. The van der Waals surface area contributed by atoms with Gasteiger partial charge in [-0.1, -0.05) is 19.1 Å². The third kappa shape index (κ3) is 2.04. The van der Waals surface area contributed by atoms with Gasteiger partial charge >= 0.3 is 7.12 Å². The Hall–Kier alpha value is -0.275. The molecule has 0 saturated carbocycles. The lowest BCUT2D eigenvalue weighted by Crippen LogP contribution is -2.41. The average Bonchev–Trinajstić information content (AvgIpc) is 2.22. The number of allylic oxidation sites excluding steroid dienone is 2. The van der Waals surface area contributed by atoms with Crippen molar-refractivity contribution in [2.24, 2.45) is 0 Å². The summed E-state index contributed by atoms with van der Waals surface area (Å²) in [6.45, 7) is 12.4. The molecular weight excluding hydrogens is 175 g/mol. The lowest BCUT2D eigenvalue weighted by molar-refractivity contribution is 0.00578. The van der Waals surface area contributed by atoms with Gasteiger partial charge in [0.2, 0.25) is 0 Å². The summed E-state index contributed by atoms with van der Waals surface area (Å²) < 4.78 is 11.8. The highest BCUT2D eigenvalue weighted by atomic mass is 16.7. The Balaban J connectivity index is 2.72. The summed E-state index contributed by atoms with van der Waals surface area (Å²) >= 11 is 0. The second-order valence-corrected chi connectivity index (χ2v) is 5.01. The predicted octanol–water partition coefficient (Wildman–Crippen LogP) is 3.04. The lowest BCUT2D eigenvalue weighted by atomic mass is 9.73. The smallest absolute Gasteiger partial charge is 0.403 e. The van der Waals surface area contributed by atoms with Crippen molar-refractivity contribution in [3.05, 3.63) is 12.2 Å². The van der Waals surface area contributed by atoms with Crippen LogP contribution in [0.15, 0.2) is 12.2 Å². The van der Waals surface area contributed by atoms with Crippen molar-refractivity contribution in [1.29, 1.82) is 0 Å². The van der Waals surface area contributed by atoms with Gasteiger partial charge in [-0.25, -0.2) is 0 Å². The van der Waals surface area contributed by atoms with E-state index in [2.05, 4.69) is 40.7 Å². The van der Waals surface area contributed by atoms with E-state index < -0.39 is 0 Å². The van der Waals surface area contributed by atoms with E-state index in [1.165, 1.54) is 0 Å². The Kier molecular flexibility index (Phi) is 3.12. The zero-order valence-corrected chi connectivity index (χ0v) is 10.1. The molecule has 1 rings (SSSR count). The van der Waals surface area contributed by atoms with Gasteiger partial charge in [-0.3, -0.25) is 0 Å². The Labute approximate surface area is 87.8 Å². The highest BCUT2D eigenvalue weighted by molar-refractivity contribution is 6.48. The molecule has 14 heavy (non-hydrogen) atoms. The van der Waals surface area contributed by atoms with Crippen LogP contribution in [0.3, 0.4) is 0 Å². The molecule has 0 N–H and O–H groups in total. The van der Waals surface area contributed by atoms with Gasteiger partial charge < -0.3 is 9.31 Å². The molecule has 0 bridgehead atoms. The fraction of sp³-hybridized carbons (Fsp3) is 0.818. The molecule has 0 aliphatic carbocycles. The molecule has 1 heterocycles. The molecule has 0 aromatic rings. The van der Waals surface area contributed by atoms with Crippen molar-refractivity contribution in [3.63, 3.8) is 0 Å². The molecule has 1 fully saturated rings. The Morgan fingerprint density at radius 2 is 1.50 bits per heavy atom. The maximum Gasteiger partial charge on any atom is 0.464 e. The third-order valence-corrected chi connectivity index (χ3v) is 3.20. The molecular formula is C11H21BO2. The summed E-state index contributed by atoms with van der Waals surface area (Å²) in [5.41, 5.74) is -0.430. The second kappa shape index (κ2) is 3.71. The van der Waals surface area contributed by atoms with Crippen LogP contribution >= 0.6 is 0 Å². The van der Waals surface area contributed by atoms with Gasteiger partial charge in [0.25, 0.3) is 0 Å². The van der Waals surface area contributed by atoms with Crippen LogP contribution in [0.4, 0.5) is 0 Å². The van der Waals surface area contributed by atoms with Crippen LogP contribution in [0, 0.1) is 0 Å². The Morgan fingerprint density at radius 3 is 1.86 bits per heavy atom. The standard InChI is InChI=1S/C11H21BO2/c1-7-8-9(2)12-13-10(3,4)11(5,6)14-12/h7-9H,1-6H3/b8-7-. The number of rotatable bonds is 2. The fourth-order valence-electron chi connectivity index (χ4n) is 1.50. The van der Waals surface area contributed by atoms with Gasteiger partial charge in [0.15, 0.2) is 0 Å². The van der Waals surface area contributed by atoms with Crippen molar-refractivity contribution >= 4 is 7.12 Å². The molecule has 0 radical (unpaired) electrons. The molecule has 1 atom stereocenters. The monoisotopic (exact) mass is 196 g/mol. The first-order chi connectivity index (χ1) is 6.30. The lowest BCUT2D eigenvalue weighted by Gasteiger charge is -2.32. The van der Waals surface area contributed by atoms with Gasteiger partial charge in [0, 0.05) is 5.82 Å². The van der Waals surface area contributed by atoms with E-state index in [0.29, 0.717) is 5.82 Å². The summed E-state index contributed by atoms with van der Waals surface area (Å²) in [5.74, 6) is 0.307. The minimum Gasteiger partial charge on any atom is -0.403 e. The van der Waals surface area contributed by atoms with E-state index in [1.54, 1.807) is 0 Å². The van der Waals surface area contributed by atoms with E-state index in [1.807, 2.05) is 13.0 Å². The van der Waals surface area contributed by atoms with E-state index in [4.69, 9.17) is 9.31 Å². The number of hydrogen-bond acceptors (Lipinski definition) is 2. The largest absolute Gasteiger partial charge is 0.464 e. The molecule has 1 unspecified atom stereocenters. The van der Waals surface area contributed by atoms with Crippen LogP contribution in [0.2, 0.25) is 5.82 Å². The first-order valence-corrected chi connectivity index (χ1v) is 5.28.